The van der Waals surface area contributed by atoms with Crippen molar-refractivity contribution in [2.24, 2.45) is 5.92 Å². The zero-order valence-electron chi connectivity index (χ0n) is 6.89. The molecule has 11 heavy (non-hydrogen) atoms. The van der Waals surface area contributed by atoms with Crippen molar-refractivity contribution < 1.29 is 4.79 Å². The molecule has 1 amide bonds. The van der Waals surface area contributed by atoms with E-state index < -0.39 is 0 Å². The Morgan fingerprint density at radius 3 is 2.82 bits per heavy atom. The minimum atomic E-state index is 0.0921. The highest BCUT2D eigenvalue weighted by Gasteiger charge is 2.02. The number of hydrogen-bond donors (Lipinski definition) is 1. The molecule has 0 saturated heterocycles. The Kier molecular flexibility index (Phi) is 6.87. The van der Waals surface area contributed by atoms with Crippen molar-refractivity contribution in [1.82, 2.24) is 5.32 Å². The molecule has 0 bridgehead atoms. The van der Waals surface area contributed by atoms with Crippen molar-refractivity contribution in [3.05, 3.63) is 0 Å². The summed E-state index contributed by atoms with van der Waals surface area (Å²) in [6.45, 7) is 2.69. The van der Waals surface area contributed by atoms with Crippen LogP contribution in [0.25, 0.3) is 0 Å². The fourth-order valence-electron chi connectivity index (χ4n) is 0.525. The van der Waals surface area contributed by atoms with Gasteiger partial charge in [0, 0.05) is 12.4 Å². The molecule has 1 N–H and O–H groups in total. The molecule has 0 spiro atoms. The molecule has 66 valence electrons. The molecule has 0 aliphatic carbocycles. The van der Waals surface area contributed by atoms with Crippen LogP contribution in [-0.4, -0.2) is 30.3 Å². The van der Waals surface area contributed by atoms with Crippen LogP contribution in [0.4, 0.5) is 0 Å². The predicted octanol–water partition coefficient (Wildman–Crippen LogP) is 1.34. The number of halogens is 1. The van der Waals surface area contributed by atoms with Gasteiger partial charge < -0.3 is 5.32 Å². The molecule has 1 unspecified atom stereocenters. The van der Waals surface area contributed by atoms with Crippen molar-refractivity contribution in [1.29, 1.82) is 0 Å². The third kappa shape index (κ3) is 6.51. The Morgan fingerprint density at radius 1 is 1.73 bits per heavy atom. The molecule has 0 fully saturated rings. The first kappa shape index (κ1) is 11.1. The predicted molar refractivity (Wildman–Crippen MR) is 51.3 cm³/mol. The van der Waals surface area contributed by atoms with Gasteiger partial charge in [0.25, 0.3) is 0 Å². The monoisotopic (exact) mass is 195 g/mol. The van der Waals surface area contributed by atoms with Crippen LogP contribution in [-0.2, 0) is 4.79 Å². The lowest BCUT2D eigenvalue weighted by Gasteiger charge is -2.07. The molecule has 0 aromatic rings. The lowest BCUT2D eigenvalue weighted by molar-refractivity contribution is -0.118. The molecule has 2 nitrogen and oxygen atoms in total. The number of nitrogens with one attached hydrogen (secondary N) is 1. The van der Waals surface area contributed by atoms with Gasteiger partial charge in [-0.1, -0.05) is 6.92 Å². The van der Waals surface area contributed by atoms with Gasteiger partial charge in [0.2, 0.25) is 5.91 Å². The quantitative estimate of drug-likeness (QED) is 0.671. The second kappa shape index (κ2) is 6.80. The van der Waals surface area contributed by atoms with Crippen LogP contribution in [0.15, 0.2) is 0 Å². The topological polar surface area (TPSA) is 29.1 Å². The lowest BCUT2D eigenvalue weighted by Crippen LogP contribution is -2.30. The first-order valence-corrected chi connectivity index (χ1v) is 5.45. The van der Waals surface area contributed by atoms with Gasteiger partial charge in [-0.15, -0.1) is 11.6 Å². The minimum absolute atomic E-state index is 0.0921. The minimum Gasteiger partial charge on any atom is -0.355 e. The standard InChI is InChI=1S/C7H14ClNOS/c1-6(3-8)4-9-7(10)5-11-2/h6H,3-5H2,1-2H3,(H,9,10). The smallest absolute Gasteiger partial charge is 0.229 e. The fraction of sp³-hybridized carbons (Fsp3) is 0.857. The molecule has 0 aliphatic rings. The summed E-state index contributed by atoms with van der Waals surface area (Å²) in [6.07, 6.45) is 1.91. The van der Waals surface area contributed by atoms with Gasteiger partial charge in [0.15, 0.2) is 0 Å². The summed E-state index contributed by atoms with van der Waals surface area (Å²) in [6, 6.07) is 0. The average molecular weight is 196 g/mol. The number of amides is 1. The Hall–Kier alpha value is 0.110. The van der Waals surface area contributed by atoms with E-state index in [0.717, 1.165) is 0 Å². The Balaban J connectivity index is 3.30. The van der Waals surface area contributed by atoms with E-state index in [0.29, 0.717) is 24.1 Å². The maximum Gasteiger partial charge on any atom is 0.229 e. The van der Waals surface area contributed by atoms with E-state index in [2.05, 4.69) is 5.32 Å². The molecule has 0 rings (SSSR count). The molecule has 0 aromatic carbocycles. The second-order valence-electron chi connectivity index (χ2n) is 2.50. The summed E-state index contributed by atoms with van der Waals surface area (Å²) in [5.41, 5.74) is 0. The van der Waals surface area contributed by atoms with Gasteiger partial charge in [0.05, 0.1) is 5.75 Å². The maximum absolute atomic E-state index is 10.9. The summed E-state index contributed by atoms with van der Waals surface area (Å²) in [5, 5.41) is 2.79. The Bertz CT molecular complexity index is 121. The van der Waals surface area contributed by atoms with Crippen molar-refractivity contribution in [3.8, 4) is 0 Å². The third-order valence-corrected chi connectivity index (χ3v) is 2.26. The molecule has 0 aromatic heterocycles. The van der Waals surface area contributed by atoms with E-state index in [-0.39, 0.29) is 5.91 Å². The van der Waals surface area contributed by atoms with Crippen LogP contribution < -0.4 is 5.32 Å². The van der Waals surface area contributed by atoms with Crippen LogP contribution in [0.2, 0.25) is 0 Å². The average Bonchev–Trinajstić information content (AvgIpc) is 2.01. The number of alkyl halides is 1. The largest absolute Gasteiger partial charge is 0.355 e. The van der Waals surface area contributed by atoms with Crippen LogP contribution >= 0.6 is 23.4 Å². The highest BCUT2D eigenvalue weighted by atomic mass is 35.5. The van der Waals surface area contributed by atoms with Crippen molar-refractivity contribution >= 4 is 29.3 Å². The molecule has 0 radical (unpaired) electrons. The lowest BCUT2D eigenvalue weighted by atomic mass is 10.2. The number of carbonyl (C=O) groups excluding carboxylic acids is 1. The second-order valence-corrected chi connectivity index (χ2v) is 3.67. The van der Waals surface area contributed by atoms with Crippen LogP contribution in [0.5, 0.6) is 0 Å². The highest BCUT2D eigenvalue weighted by Crippen LogP contribution is 1.95. The summed E-state index contributed by atoms with van der Waals surface area (Å²) in [4.78, 5) is 10.9. The molecule has 0 heterocycles. The normalized spacial score (nSPS) is 12.6. The first-order chi connectivity index (χ1) is 5.20. The summed E-state index contributed by atoms with van der Waals surface area (Å²) in [7, 11) is 0. The van der Waals surface area contributed by atoms with Gasteiger partial charge in [-0.05, 0) is 12.2 Å². The van der Waals surface area contributed by atoms with Gasteiger partial charge in [-0.25, -0.2) is 0 Å². The maximum atomic E-state index is 10.9. The zero-order chi connectivity index (χ0) is 8.69. The molecule has 4 heteroatoms. The highest BCUT2D eigenvalue weighted by molar-refractivity contribution is 7.99. The van der Waals surface area contributed by atoms with Gasteiger partial charge in [-0.2, -0.15) is 11.8 Å². The van der Waals surface area contributed by atoms with Crippen LogP contribution in [0, 0.1) is 5.92 Å². The van der Waals surface area contributed by atoms with E-state index in [1.165, 1.54) is 11.8 Å². The van der Waals surface area contributed by atoms with Gasteiger partial charge >= 0.3 is 0 Å². The van der Waals surface area contributed by atoms with E-state index in [1.807, 2.05) is 13.2 Å². The Morgan fingerprint density at radius 2 is 2.36 bits per heavy atom. The SMILES string of the molecule is CSCC(=O)NCC(C)CCl. The van der Waals surface area contributed by atoms with E-state index >= 15 is 0 Å². The Labute approximate surface area is 77.1 Å². The van der Waals surface area contributed by atoms with Crippen LogP contribution in [0.3, 0.4) is 0 Å². The van der Waals surface area contributed by atoms with Crippen LogP contribution in [0.1, 0.15) is 6.92 Å². The van der Waals surface area contributed by atoms with Crippen molar-refractivity contribution in [2.75, 3.05) is 24.4 Å². The van der Waals surface area contributed by atoms with Gasteiger partial charge in [-0.3, -0.25) is 4.79 Å². The summed E-state index contributed by atoms with van der Waals surface area (Å²) < 4.78 is 0. The van der Waals surface area contributed by atoms with Crippen molar-refractivity contribution in [3.63, 3.8) is 0 Å². The number of hydrogen-bond acceptors (Lipinski definition) is 2. The van der Waals surface area contributed by atoms with E-state index in [9.17, 15) is 4.79 Å². The summed E-state index contributed by atoms with van der Waals surface area (Å²) in [5.74, 6) is 1.59. The zero-order valence-corrected chi connectivity index (χ0v) is 8.47. The van der Waals surface area contributed by atoms with Crippen molar-refractivity contribution in [2.45, 2.75) is 6.92 Å². The van der Waals surface area contributed by atoms with E-state index in [4.69, 9.17) is 11.6 Å². The molecular formula is C7H14ClNOS. The van der Waals surface area contributed by atoms with Gasteiger partial charge in [0.1, 0.15) is 0 Å². The molecule has 0 saturated carbocycles. The number of thioether (sulfide) groups is 1. The molecule has 1 atom stereocenters. The first-order valence-electron chi connectivity index (χ1n) is 3.52. The van der Waals surface area contributed by atoms with E-state index in [1.54, 1.807) is 0 Å². The molecular weight excluding hydrogens is 182 g/mol. The number of carbonyl (C=O) groups is 1. The fourth-order valence-corrected chi connectivity index (χ4v) is 0.998. The summed E-state index contributed by atoms with van der Waals surface area (Å²) >= 11 is 7.08. The molecule has 0 aliphatic heterocycles. The number of rotatable bonds is 5. The third-order valence-electron chi connectivity index (χ3n) is 1.19.